The van der Waals surface area contributed by atoms with Gasteiger partial charge in [0.25, 0.3) is 5.56 Å². The summed E-state index contributed by atoms with van der Waals surface area (Å²) in [6, 6.07) is 16.6. The first-order valence-electron chi connectivity index (χ1n) is 11.9. The van der Waals surface area contributed by atoms with Gasteiger partial charge >= 0.3 is 5.97 Å². The predicted molar refractivity (Wildman–Crippen MR) is 140 cm³/mol. The van der Waals surface area contributed by atoms with Gasteiger partial charge in [0.05, 0.1) is 34.4 Å². The van der Waals surface area contributed by atoms with Crippen LogP contribution in [0.1, 0.15) is 47.1 Å². The third kappa shape index (κ3) is 4.64. The lowest BCUT2D eigenvalue weighted by Gasteiger charge is -2.24. The van der Waals surface area contributed by atoms with Gasteiger partial charge in [0.2, 0.25) is 0 Å². The van der Waals surface area contributed by atoms with Crippen molar-refractivity contribution in [3.05, 3.63) is 114 Å². The number of ether oxygens (including phenoxy) is 1. The van der Waals surface area contributed by atoms with E-state index in [-0.39, 0.29) is 17.7 Å². The molecular weight excluding hydrogens is 504 g/mol. The second-order valence-electron chi connectivity index (χ2n) is 8.78. The highest BCUT2D eigenvalue weighted by Crippen LogP contribution is 2.31. The topological polar surface area (TPSA) is 114 Å². The van der Waals surface area contributed by atoms with Gasteiger partial charge in [-0.2, -0.15) is 0 Å². The third-order valence-corrected chi connectivity index (χ3v) is 7.20. The number of carbonyl (C=O) groups excluding carboxylic acids is 2. The minimum atomic E-state index is -1.25. The Kier molecular flexibility index (Phi) is 6.69. The van der Waals surface area contributed by atoms with Crippen LogP contribution in [0.15, 0.2) is 86.1 Å². The highest BCUT2D eigenvalue weighted by Gasteiger charge is 2.33. The first-order valence-corrected chi connectivity index (χ1v) is 12.8. The summed E-state index contributed by atoms with van der Waals surface area (Å²) in [4.78, 5) is 42.7. The molecule has 5 rings (SSSR count). The number of esters is 1. The Bertz CT molecular complexity index is 1750. The zero-order valence-corrected chi connectivity index (χ0v) is 21.7. The summed E-state index contributed by atoms with van der Waals surface area (Å²) in [7, 11) is 0. The van der Waals surface area contributed by atoms with Crippen molar-refractivity contribution >= 4 is 29.4 Å². The Morgan fingerprint density at radius 1 is 1.08 bits per heavy atom. The molecule has 0 saturated heterocycles. The molecule has 8 nitrogen and oxygen atoms in total. The number of carbonyl (C=O) groups is 2. The predicted octanol–water partition coefficient (Wildman–Crippen LogP) is 2.73. The van der Waals surface area contributed by atoms with Crippen LogP contribution in [0.3, 0.4) is 0 Å². The van der Waals surface area contributed by atoms with E-state index in [2.05, 4.69) is 4.99 Å². The van der Waals surface area contributed by atoms with Crippen molar-refractivity contribution in [3.8, 4) is 11.3 Å². The summed E-state index contributed by atoms with van der Waals surface area (Å²) in [5, 5.41) is 11.0. The number of hydrogen-bond donors (Lipinski definition) is 0. The van der Waals surface area contributed by atoms with E-state index in [4.69, 9.17) is 9.15 Å². The Labute approximate surface area is 221 Å². The van der Waals surface area contributed by atoms with E-state index in [0.717, 1.165) is 11.1 Å². The second-order valence-corrected chi connectivity index (χ2v) is 9.79. The molecular formula is C29H23N2O6S-. The van der Waals surface area contributed by atoms with Gasteiger partial charge in [0.1, 0.15) is 11.5 Å². The largest absolute Gasteiger partial charge is 0.545 e. The number of aromatic carboxylic acids is 1. The molecule has 0 radical (unpaired) electrons. The van der Waals surface area contributed by atoms with Crippen LogP contribution >= 0.6 is 11.3 Å². The number of furan rings is 1. The molecule has 0 aliphatic carbocycles. The number of aromatic nitrogens is 1. The number of fused-ring (bicyclic) bond motifs is 1. The first-order chi connectivity index (χ1) is 18.3. The summed E-state index contributed by atoms with van der Waals surface area (Å²) in [6.45, 7) is 5.66. The molecule has 0 amide bonds. The van der Waals surface area contributed by atoms with E-state index < -0.39 is 18.0 Å². The average molecular weight is 528 g/mol. The zero-order valence-electron chi connectivity index (χ0n) is 20.9. The van der Waals surface area contributed by atoms with E-state index in [1.165, 1.54) is 28.0 Å². The number of allylic oxidation sites excluding steroid dienone is 1. The lowest BCUT2D eigenvalue weighted by atomic mass is 9.95. The second kappa shape index (κ2) is 10.1. The third-order valence-electron chi connectivity index (χ3n) is 6.22. The normalized spacial score (nSPS) is 15.2. The molecule has 4 aromatic rings. The number of carboxylic acids is 1. The summed E-state index contributed by atoms with van der Waals surface area (Å²) in [5.74, 6) is -0.791. The van der Waals surface area contributed by atoms with Gasteiger partial charge in [-0.1, -0.05) is 65.4 Å². The molecule has 0 saturated carbocycles. The Morgan fingerprint density at radius 2 is 1.79 bits per heavy atom. The SMILES string of the molecule is CCOC(=O)C1=C(C)N=c2s/c(=C\c3ccc(-c4ccc(C(=O)[O-])cc4)o3)c(=O)n2[C@H]1c1ccc(C)cc1. The summed E-state index contributed by atoms with van der Waals surface area (Å²) >= 11 is 1.21. The highest BCUT2D eigenvalue weighted by molar-refractivity contribution is 7.07. The lowest BCUT2D eigenvalue weighted by Crippen LogP contribution is -2.39. The molecule has 0 bridgehead atoms. The van der Waals surface area contributed by atoms with Crippen molar-refractivity contribution in [1.82, 2.24) is 4.57 Å². The zero-order chi connectivity index (χ0) is 27.0. The van der Waals surface area contributed by atoms with Gasteiger partial charge in [0, 0.05) is 11.6 Å². The number of thiazole rings is 1. The Hall–Kier alpha value is -4.50. The molecule has 0 unspecified atom stereocenters. The molecule has 0 spiro atoms. The van der Waals surface area contributed by atoms with Crippen molar-refractivity contribution in [2.75, 3.05) is 6.61 Å². The molecule has 1 aliphatic rings. The fourth-order valence-electron chi connectivity index (χ4n) is 4.34. The summed E-state index contributed by atoms with van der Waals surface area (Å²) in [6.07, 6.45) is 1.64. The quantitative estimate of drug-likeness (QED) is 0.356. The number of nitrogens with zero attached hydrogens (tertiary/aromatic N) is 2. The molecule has 9 heteroatoms. The van der Waals surface area contributed by atoms with Gasteiger partial charge in [-0.25, -0.2) is 9.79 Å². The molecule has 2 aromatic heterocycles. The van der Waals surface area contributed by atoms with Crippen LogP contribution < -0.4 is 20.0 Å². The van der Waals surface area contributed by atoms with Crippen LogP contribution in [0.2, 0.25) is 0 Å². The molecule has 3 heterocycles. The molecule has 0 fully saturated rings. The van der Waals surface area contributed by atoms with Crippen LogP contribution in [-0.4, -0.2) is 23.1 Å². The molecule has 0 N–H and O–H groups in total. The smallest absolute Gasteiger partial charge is 0.338 e. The van der Waals surface area contributed by atoms with Gasteiger partial charge in [0.15, 0.2) is 4.80 Å². The number of hydrogen-bond acceptors (Lipinski definition) is 8. The van der Waals surface area contributed by atoms with Gasteiger partial charge in [-0.15, -0.1) is 0 Å². The van der Waals surface area contributed by atoms with Crippen molar-refractivity contribution in [3.63, 3.8) is 0 Å². The van der Waals surface area contributed by atoms with Crippen LogP contribution in [0.4, 0.5) is 0 Å². The van der Waals surface area contributed by atoms with E-state index in [9.17, 15) is 19.5 Å². The van der Waals surface area contributed by atoms with Gasteiger partial charge in [-0.05, 0) is 44.0 Å². The summed E-state index contributed by atoms with van der Waals surface area (Å²) < 4.78 is 13.2. The van der Waals surface area contributed by atoms with E-state index in [0.29, 0.717) is 37.7 Å². The standard InChI is InChI=1S/C29H24N2O6S/c1-4-36-28(35)24-17(3)30-29-31(25(24)19-7-5-16(2)6-8-19)26(32)23(38-29)15-21-13-14-22(37-21)18-9-11-20(12-10-18)27(33)34/h5-15,25H,4H2,1-3H3,(H,33,34)/p-1/b23-15-/t25-/m0/s1. The molecule has 2 aromatic carbocycles. The van der Waals surface area contributed by atoms with Crippen LogP contribution in [0.25, 0.3) is 17.4 Å². The van der Waals surface area contributed by atoms with Crippen molar-refractivity contribution in [2.45, 2.75) is 26.8 Å². The molecule has 192 valence electrons. The highest BCUT2D eigenvalue weighted by atomic mass is 32.1. The molecule has 1 atom stereocenters. The number of rotatable bonds is 6. The van der Waals surface area contributed by atoms with Gasteiger partial charge < -0.3 is 19.1 Å². The lowest BCUT2D eigenvalue weighted by molar-refractivity contribution is -0.255. The maximum absolute atomic E-state index is 13.7. The van der Waals surface area contributed by atoms with Crippen molar-refractivity contribution < 1.29 is 23.8 Å². The van der Waals surface area contributed by atoms with Gasteiger partial charge in [-0.3, -0.25) is 9.36 Å². The van der Waals surface area contributed by atoms with E-state index in [1.807, 2.05) is 31.2 Å². The van der Waals surface area contributed by atoms with E-state index >= 15 is 0 Å². The summed E-state index contributed by atoms with van der Waals surface area (Å²) in [5.41, 5.74) is 3.12. The van der Waals surface area contributed by atoms with Crippen LogP contribution in [0.5, 0.6) is 0 Å². The number of benzene rings is 2. The monoisotopic (exact) mass is 527 g/mol. The number of aryl methyl sites for hydroxylation is 1. The Morgan fingerprint density at radius 3 is 2.45 bits per heavy atom. The number of carboxylic acid groups (broad SMARTS) is 1. The van der Waals surface area contributed by atoms with Crippen LogP contribution in [0, 0.1) is 6.92 Å². The molecule has 1 aliphatic heterocycles. The van der Waals surface area contributed by atoms with Crippen molar-refractivity contribution in [2.24, 2.45) is 4.99 Å². The minimum Gasteiger partial charge on any atom is -0.545 e. The fraction of sp³-hybridized carbons (Fsp3) is 0.172. The maximum atomic E-state index is 13.7. The molecule has 38 heavy (non-hydrogen) atoms. The van der Waals surface area contributed by atoms with Crippen LogP contribution in [-0.2, 0) is 9.53 Å². The minimum absolute atomic E-state index is 0.0715. The Balaban J connectivity index is 1.59. The van der Waals surface area contributed by atoms with E-state index in [1.54, 1.807) is 44.2 Å². The van der Waals surface area contributed by atoms with Crippen molar-refractivity contribution in [1.29, 1.82) is 0 Å². The first kappa shape index (κ1) is 25.2. The average Bonchev–Trinajstić information content (AvgIpc) is 3.48. The maximum Gasteiger partial charge on any atom is 0.338 e. The fourth-order valence-corrected chi connectivity index (χ4v) is 5.37.